The third-order valence-electron chi connectivity index (χ3n) is 4.97. The number of amides is 1. The Morgan fingerprint density at radius 1 is 1.21 bits per heavy atom. The van der Waals surface area contributed by atoms with E-state index in [1.54, 1.807) is 18.2 Å². The van der Waals surface area contributed by atoms with Gasteiger partial charge in [-0.25, -0.2) is 18.7 Å². The first-order chi connectivity index (χ1) is 13.5. The molecule has 0 saturated carbocycles. The summed E-state index contributed by atoms with van der Waals surface area (Å²) in [6, 6.07) is 8.18. The molecular weight excluding hydrogens is 364 g/mol. The highest BCUT2D eigenvalue weighted by molar-refractivity contribution is 6.06. The van der Waals surface area contributed by atoms with E-state index >= 15 is 0 Å². The van der Waals surface area contributed by atoms with Crippen LogP contribution in [0.25, 0.3) is 10.9 Å². The molecule has 144 valence electrons. The molecule has 8 heteroatoms. The molecule has 1 aliphatic rings. The summed E-state index contributed by atoms with van der Waals surface area (Å²) in [5, 5.41) is 3.86. The van der Waals surface area contributed by atoms with E-state index in [4.69, 9.17) is 5.73 Å². The number of carbonyl (C=O) groups is 1. The lowest BCUT2D eigenvalue weighted by Crippen LogP contribution is -2.41. The molecule has 3 N–H and O–H groups in total. The van der Waals surface area contributed by atoms with Crippen LogP contribution in [0, 0.1) is 11.6 Å². The van der Waals surface area contributed by atoms with Gasteiger partial charge in [-0.1, -0.05) is 12.1 Å². The largest absolute Gasteiger partial charge is 0.366 e. The number of nitrogens with one attached hydrogen (secondary N) is 1. The van der Waals surface area contributed by atoms with Crippen LogP contribution in [0.2, 0.25) is 0 Å². The van der Waals surface area contributed by atoms with Gasteiger partial charge in [0.15, 0.2) is 0 Å². The number of para-hydroxylation sites is 1. The molecule has 1 aromatic heterocycles. The first kappa shape index (κ1) is 18.2. The molecule has 2 aromatic carbocycles. The van der Waals surface area contributed by atoms with Crippen molar-refractivity contribution in [3.63, 3.8) is 0 Å². The second-order valence-corrected chi connectivity index (χ2v) is 6.81. The maximum absolute atomic E-state index is 14.5. The number of nitrogens with zero attached hydrogens (tertiary/aromatic N) is 3. The highest BCUT2D eigenvalue weighted by atomic mass is 19.1. The van der Waals surface area contributed by atoms with Crippen LogP contribution in [0.4, 0.5) is 14.6 Å². The van der Waals surface area contributed by atoms with E-state index in [1.807, 2.05) is 0 Å². The molecule has 28 heavy (non-hydrogen) atoms. The molecule has 0 bridgehead atoms. The van der Waals surface area contributed by atoms with Gasteiger partial charge in [0.25, 0.3) is 5.91 Å². The van der Waals surface area contributed by atoms with E-state index in [0.29, 0.717) is 28.8 Å². The molecule has 1 saturated heterocycles. The molecule has 1 unspecified atom stereocenters. The van der Waals surface area contributed by atoms with Crippen molar-refractivity contribution in [2.24, 2.45) is 5.73 Å². The van der Waals surface area contributed by atoms with E-state index in [0.717, 1.165) is 25.6 Å². The summed E-state index contributed by atoms with van der Waals surface area (Å²) in [5.41, 5.74) is 6.50. The first-order valence-electron chi connectivity index (χ1n) is 9.00. The SMILES string of the molecule is NC(=O)c1cccc2c(NC(CN3CCC3)c3ccc(F)cc3F)ncnc12. The monoisotopic (exact) mass is 383 g/mol. The molecule has 1 amide bonds. The fourth-order valence-electron chi connectivity index (χ4n) is 3.39. The van der Waals surface area contributed by atoms with Crippen LogP contribution in [-0.4, -0.2) is 40.4 Å². The van der Waals surface area contributed by atoms with Gasteiger partial charge in [-0.3, -0.25) is 4.79 Å². The minimum absolute atomic E-state index is 0.287. The quantitative estimate of drug-likeness (QED) is 0.684. The van der Waals surface area contributed by atoms with Gasteiger partial charge in [0, 0.05) is 23.6 Å². The van der Waals surface area contributed by atoms with E-state index in [2.05, 4.69) is 20.2 Å². The summed E-state index contributed by atoms with van der Waals surface area (Å²) < 4.78 is 27.8. The summed E-state index contributed by atoms with van der Waals surface area (Å²) in [6.07, 6.45) is 2.43. The molecule has 0 spiro atoms. The Kier molecular flexibility index (Phi) is 4.87. The Labute approximate surface area is 160 Å². The first-order valence-corrected chi connectivity index (χ1v) is 9.00. The van der Waals surface area contributed by atoms with E-state index in [9.17, 15) is 13.6 Å². The van der Waals surface area contributed by atoms with Crippen LogP contribution in [0.3, 0.4) is 0 Å². The Balaban J connectivity index is 1.74. The molecule has 1 fully saturated rings. The molecule has 0 radical (unpaired) electrons. The summed E-state index contributed by atoms with van der Waals surface area (Å²) in [6.45, 7) is 2.40. The van der Waals surface area contributed by atoms with Gasteiger partial charge in [-0.2, -0.15) is 0 Å². The number of benzene rings is 2. The Hall–Kier alpha value is -3.13. The zero-order valence-corrected chi connectivity index (χ0v) is 15.0. The molecule has 0 aliphatic carbocycles. The van der Waals surface area contributed by atoms with Crippen molar-refractivity contribution in [3.05, 3.63) is 65.5 Å². The van der Waals surface area contributed by atoms with Gasteiger partial charge in [0.1, 0.15) is 23.8 Å². The topological polar surface area (TPSA) is 84.1 Å². The predicted octanol–water partition coefficient (Wildman–Crippen LogP) is 2.87. The normalized spacial score (nSPS) is 15.2. The number of aromatic nitrogens is 2. The maximum atomic E-state index is 14.5. The van der Waals surface area contributed by atoms with Gasteiger partial charge in [-0.15, -0.1) is 0 Å². The van der Waals surface area contributed by atoms with Gasteiger partial charge >= 0.3 is 0 Å². The van der Waals surface area contributed by atoms with Crippen LogP contribution in [0.15, 0.2) is 42.7 Å². The summed E-state index contributed by atoms with van der Waals surface area (Å²) >= 11 is 0. The summed E-state index contributed by atoms with van der Waals surface area (Å²) in [7, 11) is 0. The summed E-state index contributed by atoms with van der Waals surface area (Å²) in [4.78, 5) is 22.3. The minimum Gasteiger partial charge on any atom is -0.366 e. The number of hydrogen-bond donors (Lipinski definition) is 2. The number of primary amides is 1. The number of carbonyl (C=O) groups excluding carboxylic acids is 1. The maximum Gasteiger partial charge on any atom is 0.250 e. The lowest BCUT2D eigenvalue weighted by atomic mass is 10.0. The standard InChI is InChI=1S/C20H19F2N5O/c21-12-5-6-13(16(22)9-12)17(10-27-7-2-8-27)26-20-15-4-1-3-14(19(23)28)18(15)24-11-25-20/h1,3-6,9,11,17H,2,7-8,10H2,(H2,23,28)(H,24,25,26). The molecule has 6 nitrogen and oxygen atoms in total. The van der Waals surface area contributed by atoms with E-state index < -0.39 is 23.6 Å². The van der Waals surface area contributed by atoms with Gasteiger partial charge in [-0.05, 0) is 37.7 Å². The highest BCUT2D eigenvalue weighted by Crippen LogP contribution is 2.28. The van der Waals surface area contributed by atoms with E-state index in [1.165, 1.54) is 18.5 Å². The fourth-order valence-corrected chi connectivity index (χ4v) is 3.39. The Morgan fingerprint density at radius 2 is 2.04 bits per heavy atom. The third-order valence-corrected chi connectivity index (χ3v) is 4.97. The number of rotatable bonds is 6. The van der Waals surface area contributed by atoms with Crippen LogP contribution < -0.4 is 11.1 Å². The average molecular weight is 383 g/mol. The second kappa shape index (κ2) is 7.47. The molecule has 2 heterocycles. The van der Waals surface area contributed by atoms with E-state index in [-0.39, 0.29) is 5.56 Å². The van der Waals surface area contributed by atoms with Gasteiger partial charge in [0.2, 0.25) is 0 Å². The highest BCUT2D eigenvalue weighted by Gasteiger charge is 2.24. The lowest BCUT2D eigenvalue weighted by Gasteiger charge is -2.35. The predicted molar refractivity (Wildman–Crippen MR) is 102 cm³/mol. The Bertz CT molecular complexity index is 1040. The van der Waals surface area contributed by atoms with Crippen LogP contribution in [0.5, 0.6) is 0 Å². The number of halogens is 2. The van der Waals surface area contributed by atoms with Crippen LogP contribution in [0.1, 0.15) is 28.4 Å². The fraction of sp³-hybridized carbons (Fsp3) is 0.250. The van der Waals surface area contributed by atoms with Crippen molar-refractivity contribution in [1.29, 1.82) is 0 Å². The number of anilines is 1. The Morgan fingerprint density at radius 3 is 2.71 bits per heavy atom. The smallest absolute Gasteiger partial charge is 0.250 e. The molecular formula is C20H19F2N5O. The second-order valence-electron chi connectivity index (χ2n) is 6.81. The molecule has 3 aromatic rings. The molecule has 1 aliphatic heterocycles. The van der Waals surface area contributed by atoms with Gasteiger partial charge < -0.3 is 16.0 Å². The zero-order chi connectivity index (χ0) is 19.7. The van der Waals surface area contributed by atoms with Crippen molar-refractivity contribution < 1.29 is 13.6 Å². The van der Waals surface area contributed by atoms with Crippen molar-refractivity contribution in [3.8, 4) is 0 Å². The number of nitrogens with two attached hydrogens (primary N) is 1. The molecule has 4 rings (SSSR count). The van der Waals surface area contributed by atoms with Crippen molar-refractivity contribution in [1.82, 2.24) is 14.9 Å². The number of fused-ring (bicyclic) bond motifs is 1. The summed E-state index contributed by atoms with van der Waals surface area (Å²) in [5.74, 6) is -1.36. The lowest BCUT2D eigenvalue weighted by molar-refractivity contribution is 0.100. The van der Waals surface area contributed by atoms with Crippen LogP contribution >= 0.6 is 0 Å². The number of hydrogen-bond acceptors (Lipinski definition) is 5. The van der Waals surface area contributed by atoms with Gasteiger partial charge in [0.05, 0.1) is 17.1 Å². The van der Waals surface area contributed by atoms with Crippen molar-refractivity contribution >= 4 is 22.6 Å². The average Bonchev–Trinajstić information content (AvgIpc) is 2.63. The molecule has 1 atom stereocenters. The zero-order valence-electron chi connectivity index (χ0n) is 15.0. The van der Waals surface area contributed by atoms with Crippen molar-refractivity contribution in [2.75, 3.05) is 25.0 Å². The third kappa shape index (κ3) is 3.50. The van der Waals surface area contributed by atoms with Crippen molar-refractivity contribution in [2.45, 2.75) is 12.5 Å². The van der Waals surface area contributed by atoms with Crippen LogP contribution in [-0.2, 0) is 0 Å². The minimum atomic E-state index is -0.623. The number of likely N-dealkylation sites (tertiary alicyclic amines) is 1.